The molecule has 0 aliphatic carbocycles. The SMILES string of the molecule is CN(C(=O)c1cc(F)c(Cl)cc1Cl)C1CCNC1.Cl. The van der Waals surface area contributed by atoms with E-state index in [1.807, 2.05) is 0 Å². The first-order chi connectivity index (χ1) is 8.50. The molecular formula is C12H14Cl3FN2O. The highest BCUT2D eigenvalue weighted by molar-refractivity contribution is 6.36. The molecule has 0 spiro atoms. The van der Waals surface area contributed by atoms with Crippen LogP contribution in [0.5, 0.6) is 0 Å². The maximum atomic E-state index is 13.4. The van der Waals surface area contributed by atoms with Crippen LogP contribution in [0.2, 0.25) is 10.0 Å². The van der Waals surface area contributed by atoms with Gasteiger partial charge >= 0.3 is 0 Å². The number of hydrogen-bond acceptors (Lipinski definition) is 2. The van der Waals surface area contributed by atoms with E-state index in [0.717, 1.165) is 25.6 Å². The number of benzene rings is 1. The fourth-order valence-corrected chi connectivity index (χ4v) is 2.48. The lowest BCUT2D eigenvalue weighted by molar-refractivity contribution is 0.0743. The van der Waals surface area contributed by atoms with E-state index < -0.39 is 5.82 Å². The van der Waals surface area contributed by atoms with Crippen molar-refractivity contribution in [3.8, 4) is 0 Å². The van der Waals surface area contributed by atoms with Crippen molar-refractivity contribution in [2.24, 2.45) is 0 Å². The molecule has 3 nitrogen and oxygen atoms in total. The van der Waals surface area contributed by atoms with E-state index in [1.165, 1.54) is 6.07 Å². The molecule has 1 N–H and O–H groups in total. The molecule has 1 amide bonds. The Morgan fingerprint density at radius 1 is 1.42 bits per heavy atom. The minimum atomic E-state index is -0.637. The third kappa shape index (κ3) is 3.51. The average molecular weight is 328 g/mol. The van der Waals surface area contributed by atoms with Gasteiger partial charge in [0.15, 0.2) is 0 Å². The molecule has 0 radical (unpaired) electrons. The maximum Gasteiger partial charge on any atom is 0.255 e. The zero-order valence-corrected chi connectivity index (χ0v) is 12.6. The second-order valence-corrected chi connectivity index (χ2v) is 5.12. The number of halogens is 4. The van der Waals surface area contributed by atoms with E-state index in [1.54, 1.807) is 11.9 Å². The predicted molar refractivity (Wildman–Crippen MR) is 77.0 cm³/mol. The Balaban J connectivity index is 0.00000180. The summed E-state index contributed by atoms with van der Waals surface area (Å²) in [5, 5.41) is 3.26. The molecule has 1 aromatic carbocycles. The van der Waals surface area contributed by atoms with Gasteiger partial charge in [-0.05, 0) is 25.1 Å². The van der Waals surface area contributed by atoms with Gasteiger partial charge in [-0.15, -0.1) is 12.4 Å². The van der Waals surface area contributed by atoms with Crippen LogP contribution in [0.3, 0.4) is 0 Å². The molecule has 2 rings (SSSR count). The third-order valence-corrected chi connectivity index (χ3v) is 3.75. The zero-order chi connectivity index (χ0) is 13.3. The number of hydrogen-bond donors (Lipinski definition) is 1. The molecule has 1 aliphatic heterocycles. The van der Waals surface area contributed by atoms with Crippen LogP contribution >= 0.6 is 35.6 Å². The number of carbonyl (C=O) groups excluding carboxylic acids is 1. The van der Waals surface area contributed by atoms with Crippen LogP contribution in [0.1, 0.15) is 16.8 Å². The quantitative estimate of drug-likeness (QED) is 0.847. The van der Waals surface area contributed by atoms with Crippen LogP contribution in [-0.2, 0) is 0 Å². The monoisotopic (exact) mass is 326 g/mol. The Morgan fingerprint density at radius 3 is 2.68 bits per heavy atom. The van der Waals surface area contributed by atoms with E-state index in [-0.39, 0.29) is 40.0 Å². The first-order valence-corrected chi connectivity index (χ1v) is 6.38. The molecule has 1 aromatic rings. The molecule has 1 atom stereocenters. The van der Waals surface area contributed by atoms with Gasteiger partial charge in [0.2, 0.25) is 0 Å². The fraction of sp³-hybridized carbons (Fsp3) is 0.417. The molecule has 1 heterocycles. The van der Waals surface area contributed by atoms with Crippen LogP contribution < -0.4 is 5.32 Å². The van der Waals surface area contributed by atoms with Crippen molar-refractivity contribution in [1.29, 1.82) is 0 Å². The van der Waals surface area contributed by atoms with Gasteiger partial charge in [0, 0.05) is 19.6 Å². The van der Waals surface area contributed by atoms with Gasteiger partial charge in [0.05, 0.1) is 15.6 Å². The molecule has 1 fully saturated rings. The van der Waals surface area contributed by atoms with Gasteiger partial charge in [-0.25, -0.2) is 4.39 Å². The molecule has 0 aromatic heterocycles. The number of carbonyl (C=O) groups is 1. The lowest BCUT2D eigenvalue weighted by Gasteiger charge is -2.24. The van der Waals surface area contributed by atoms with Crippen molar-refractivity contribution >= 4 is 41.5 Å². The summed E-state index contributed by atoms with van der Waals surface area (Å²) in [6.07, 6.45) is 0.885. The Kier molecular flexibility index (Phi) is 5.86. The normalized spacial score (nSPS) is 18.0. The highest BCUT2D eigenvalue weighted by Gasteiger charge is 2.25. The number of nitrogens with one attached hydrogen (secondary N) is 1. The summed E-state index contributed by atoms with van der Waals surface area (Å²) in [7, 11) is 1.70. The van der Waals surface area contributed by atoms with Gasteiger partial charge in [0.25, 0.3) is 5.91 Å². The lowest BCUT2D eigenvalue weighted by atomic mass is 10.1. The molecule has 19 heavy (non-hydrogen) atoms. The van der Waals surface area contributed by atoms with E-state index >= 15 is 0 Å². The molecule has 0 saturated carbocycles. The Bertz CT molecular complexity index is 478. The predicted octanol–water partition coefficient (Wildman–Crippen LogP) is 2.99. The summed E-state index contributed by atoms with van der Waals surface area (Å²) < 4.78 is 13.4. The Hall–Kier alpha value is -0.550. The molecular weight excluding hydrogens is 314 g/mol. The number of likely N-dealkylation sites (N-methyl/N-ethyl adjacent to an activating group) is 1. The first kappa shape index (κ1) is 16.5. The number of amides is 1. The topological polar surface area (TPSA) is 32.3 Å². The van der Waals surface area contributed by atoms with E-state index in [2.05, 4.69) is 5.32 Å². The van der Waals surface area contributed by atoms with Crippen LogP contribution in [0.4, 0.5) is 4.39 Å². The summed E-state index contributed by atoms with van der Waals surface area (Å²) in [6, 6.07) is 2.46. The Labute approximate surface area is 127 Å². The zero-order valence-electron chi connectivity index (χ0n) is 10.3. The second-order valence-electron chi connectivity index (χ2n) is 4.31. The van der Waals surface area contributed by atoms with E-state index in [9.17, 15) is 9.18 Å². The highest BCUT2D eigenvalue weighted by Crippen LogP contribution is 2.26. The average Bonchev–Trinajstić information content (AvgIpc) is 2.85. The molecule has 1 saturated heterocycles. The molecule has 106 valence electrons. The largest absolute Gasteiger partial charge is 0.337 e. The fourth-order valence-electron chi connectivity index (χ4n) is 2.01. The summed E-state index contributed by atoms with van der Waals surface area (Å²) in [5.74, 6) is -0.924. The summed E-state index contributed by atoms with van der Waals surface area (Å²) in [5.41, 5.74) is 0.146. The van der Waals surface area contributed by atoms with Crippen molar-refractivity contribution in [2.45, 2.75) is 12.5 Å². The Morgan fingerprint density at radius 2 is 2.11 bits per heavy atom. The summed E-state index contributed by atoms with van der Waals surface area (Å²) >= 11 is 11.5. The van der Waals surface area contributed by atoms with E-state index in [4.69, 9.17) is 23.2 Å². The van der Waals surface area contributed by atoms with Crippen LogP contribution in [0, 0.1) is 5.82 Å². The molecule has 7 heteroatoms. The van der Waals surface area contributed by atoms with Crippen LogP contribution in [0.25, 0.3) is 0 Å². The number of rotatable bonds is 2. The summed E-state index contributed by atoms with van der Waals surface area (Å²) in [4.78, 5) is 13.8. The lowest BCUT2D eigenvalue weighted by Crippen LogP contribution is -2.38. The minimum absolute atomic E-state index is 0. The van der Waals surface area contributed by atoms with Crippen molar-refractivity contribution in [3.05, 3.63) is 33.6 Å². The standard InChI is InChI=1S/C12H13Cl2FN2O.ClH/c1-17(7-2-3-16-6-7)12(18)8-4-11(15)10(14)5-9(8)13;/h4-5,7,16H,2-3,6H2,1H3;1H. The highest BCUT2D eigenvalue weighted by atomic mass is 35.5. The van der Waals surface area contributed by atoms with E-state index in [0.29, 0.717) is 0 Å². The maximum absolute atomic E-state index is 13.4. The van der Waals surface area contributed by atoms with Crippen molar-refractivity contribution in [1.82, 2.24) is 10.2 Å². The van der Waals surface area contributed by atoms with Crippen molar-refractivity contribution in [3.63, 3.8) is 0 Å². The minimum Gasteiger partial charge on any atom is -0.337 e. The van der Waals surface area contributed by atoms with Gasteiger partial charge in [-0.1, -0.05) is 23.2 Å². The first-order valence-electron chi connectivity index (χ1n) is 5.63. The third-order valence-electron chi connectivity index (χ3n) is 3.14. The smallest absolute Gasteiger partial charge is 0.255 e. The van der Waals surface area contributed by atoms with Crippen molar-refractivity contribution in [2.75, 3.05) is 20.1 Å². The number of nitrogens with zero attached hydrogens (tertiary/aromatic N) is 1. The van der Waals surface area contributed by atoms with Gasteiger partial charge in [0.1, 0.15) is 5.82 Å². The van der Waals surface area contributed by atoms with Crippen molar-refractivity contribution < 1.29 is 9.18 Å². The molecule has 1 aliphatic rings. The summed E-state index contributed by atoms with van der Waals surface area (Å²) in [6.45, 7) is 1.63. The van der Waals surface area contributed by atoms with Gasteiger partial charge in [-0.3, -0.25) is 4.79 Å². The van der Waals surface area contributed by atoms with Crippen LogP contribution in [0.15, 0.2) is 12.1 Å². The van der Waals surface area contributed by atoms with Crippen LogP contribution in [-0.4, -0.2) is 37.0 Å². The molecule has 0 bridgehead atoms. The van der Waals surface area contributed by atoms with Gasteiger partial charge < -0.3 is 10.2 Å². The van der Waals surface area contributed by atoms with Gasteiger partial charge in [-0.2, -0.15) is 0 Å². The second kappa shape index (κ2) is 6.75. The molecule has 1 unspecified atom stereocenters.